The first-order chi connectivity index (χ1) is 8.54. The van der Waals surface area contributed by atoms with E-state index in [1.54, 1.807) is 6.92 Å². The minimum Gasteiger partial charge on any atom is -0.480 e. The summed E-state index contributed by atoms with van der Waals surface area (Å²) in [5.41, 5.74) is 1.12. The number of aliphatic hydroxyl groups is 1. The van der Waals surface area contributed by atoms with Crippen molar-refractivity contribution in [3.8, 4) is 5.75 Å². The number of benzene rings is 1. The number of amides is 1. The van der Waals surface area contributed by atoms with Crippen LogP contribution in [0.1, 0.15) is 18.9 Å². The molecule has 1 amide bonds. The Morgan fingerprint density at radius 1 is 1.56 bits per heavy atom. The highest BCUT2D eigenvalue weighted by molar-refractivity contribution is 9.10. The van der Waals surface area contributed by atoms with Crippen LogP contribution in [0.3, 0.4) is 0 Å². The normalized spacial score (nSPS) is 12.0. The predicted molar refractivity (Wildman–Crippen MR) is 73.7 cm³/mol. The van der Waals surface area contributed by atoms with Gasteiger partial charge in [-0.2, -0.15) is 0 Å². The van der Waals surface area contributed by atoms with Gasteiger partial charge in [0.15, 0.2) is 6.10 Å². The number of hydrogen-bond donors (Lipinski definition) is 2. The van der Waals surface area contributed by atoms with E-state index in [-0.39, 0.29) is 12.5 Å². The maximum Gasteiger partial charge on any atom is 0.260 e. The van der Waals surface area contributed by atoms with E-state index in [0.717, 1.165) is 10.0 Å². The van der Waals surface area contributed by atoms with Crippen LogP contribution >= 0.6 is 15.9 Å². The zero-order chi connectivity index (χ0) is 13.5. The lowest BCUT2D eigenvalue weighted by molar-refractivity contribution is -0.127. The minimum absolute atomic E-state index is 0.0685. The Bertz CT molecular complexity index is 409. The summed E-state index contributed by atoms with van der Waals surface area (Å²) >= 11 is 3.40. The largest absolute Gasteiger partial charge is 0.480 e. The fourth-order valence-corrected chi connectivity index (χ4v) is 1.97. The van der Waals surface area contributed by atoms with Crippen LogP contribution in [0, 0.1) is 6.92 Å². The van der Waals surface area contributed by atoms with Crippen LogP contribution in [0.15, 0.2) is 22.7 Å². The third kappa shape index (κ3) is 4.66. The van der Waals surface area contributed by atoms with Crippen molar-refractivity contribution in [1.29, 1.82) is 0 Å². The van der Waals surface area contributed by atoms with Crippen LogP contribution in [0.2, 0.25) is 0 Å². The lowest BCUT2D eigenvalue weighted by atomic mass is 10.2. The molecule has 1 atom stereocenters. The number of ether oxygens (including phenoxy) is 1. The van der Waals surface area contributed by atoms with E-state index in [4.69, 9.17) is 9.84 Å². The molecular weight excluding hydrogens is 298 g/mol. The van der Waals surface area contributed by atoms with Crippen molar-refractivity contribution in [2.45, 2.75) is 26.4 Å². The number of rotatable bonds is 6. The summed E-state index contributed by atoms with van der Waals surface area (Å²) in [5.74, 6) is 0.460. The lowest BCUT2D eigenvalue weighted by Gasteiger charge is -2.15. The Kier molecular flexibility index (Phi) is 6.15. The molecule has 2 N–H and O–H groups in total. The van der Waals surface area contributed by atoms with E-state index in [1.807, 2.05) is 25.1 Å². The van der Waals surface area contributed by atoms with Crippen molar-refractivity contribution in [2.75, 3.05) is 13.2 Å². The van der Waals surface area contributed by atoms with Gasteiger partial charge in [0.05, 0.1) is 4.47 Å². The molecule has 0 radical (unpaired) electrons. The minimum atomic E-state index is -0.567. The molecule has 0 aliphatic rings. The second-order valence-electron chi connectivity index (χ2n) is 4.06. The number of aliphatic hydroxyl groups excluding tert-OH is 1. The van der Waals surface area contributed by atoms with Crippen LogP contribution in [0.4, 0.5) is 0 Å². The molecule has 1 unspecified atom stereocenters. The Balaban J connectivity index is 2.53. The molecule has 0 aromatic heterocycles. The summed E-state index contributed by atoms with van der Waals surface area (Å²) in [5, 5.41) is 11.3. The zero-order valence-electron chi connectivity index (χ0n) is 10.6. The van der Waals surface area contributed by atoms with E-state index < -0.39 is 6.10 Å². The molecule has 1 rings (SSSR count). The fourth-order valence-electron chi connectivity index (χ4n) is 1.38. The molecule has 1 aromatic rings. The van der Waals surface area contributed by atoms with E-state index in [9.17, 15) is 4.79 Å². The van der Waals surface area contributed by atoms with Gasteiger partial charge in [-0.05, 0) is 53.9 Å². The average Bonchev–Trinajstić information content (AvgIpc) is 2.32. The van der Waals surface area contributed by atoms with Crippen LogP contribution in [-0.4, -0.2) is 30.3 Å². The summed E-state index contributed by atoms with van der Waals surface area (Å²) in [6.07, 6.45) is -0.0186. The van der Waals surface area contributed by atoms with Gasteiger partial charge in [-0.3, -0.25) is 4.79 Å². The number of carbonyl (C=O) groups excluding carboxylic acids is 1. The monoisotopic (exact) mass is 315 g/mol. The van der Waals surface area contributed by atoms with Crippen molar-refractivity contribution in [2.24, 2.45) is 0 Å². The van der Waals surface area contributed by atoms with Crippen molar-refractivity contribution in [1.82, 2.24) is 5.32 Å². The Hall–Kier alpha value is -1.07. The number of aryl methyl sites for hydroxylation is 1. The first-order valence-corrected chi connectivity index (χ1v) is 6.65. The van der Waals surface area contributed by atoms with Crippen LogP contribution < -0.4 is 10.1 Å². The van der Waals surface area contributed by atoms with E-state index >= 15 is 0 Å². The van der Waals surface area contributed by atoms with E-state index in [0.29, 0.717) is 18.7 Å². The Labute approximate surface area is 115 Å². The predicted octanol–water partition coefficient (Wildman–Crippen LogP) is 2.02. The lowest BCUT2D eigenvalue weighted by Crippen LogP contribution is -2.37. The Morgan fingerprint density at radius 2 is 2.28 bits per heavy atom. The fraction of sp³-hybridized carbons (Fsp3) is 0.462. The summed E-state index contributed by atoms with van der Waals surface area (Å²) < 4.78 is 6.40. The maximum atomic E-state index is 11.7. The first kappa shape index (κ1) is 15.0. The molecule has 5 heteroatoms. The van der Waals surface area contributed by atoms with Gasteiger partial charge in [-0.25, -0.2) is 0 Å². The van der Waals surface area contributed by atoms with Crippen LogP contribution in [0.25, 0.3) is 0 Å². The quantitative estimate of drug-likeness (QED) is 0.790. The second kappa shape index (κ2) is 7.38. The maximum absolute atomic E-state index is 11.7. The second-order valence-corrected chi connectivity index (χ2v) is 4.92. The van der Waals surface area contributed by atoms with Gasteiger partial charge in [0.1, 0.15) is 5.75 Å². The van der Waals surface area contributed by atoms with Gasteiger partial charge in [0.2, 0.25) is 0 Å². The average molecular weight is 316 g/mol. The number of halogens is 1. The van der Waals surface area contributed by atoms with Crippen molar-refractivity contribution in [3.05, 3.63) is 28.2 Å². The molecule has 0 heterocycles. The van der Waals surface area contributed by atoms with E-state index in [2.05, 4.69) is 21.2 Å². The highest BCUT2D eigenvalue weighted by Crippen LogP contribution is 2.26. The summed E-state index contributed by atoms with van der Waals surface area (Å²) in [4.78, 5) is 11.7. The van der Waals surface area contributed by atoms with Gasteiger partial charge in [0.25, 0.3) is 5.91 Å². The molecule has 100 valence electrons. The smallest absolute Gasteiger partial charge is 0.260 e. The molecule has 18 heavy (non-hydrogen) atoms. The van der Waals surface area contributed by atoms with Gasteiger partial charge >= 0.3 is 0 Å². The van der Waals surface area contributed by atoms with Crippen LogP contribution in [0.5, 0.6) is 5.75 Å². The van der Waals surface area contributed by atoms with Gasteiger partial charge < -0.3 is 15.2 Å². The Morgan fingerprint density at radius 3 is 2.89 bits per heavy atom. The third-order valence-electron chi connectivity index (χ3n) is 2.39. The number of hydrogen-bond acceptors (Lipinski definition) is 3. The first-order valence-electron chi connectivity index (χ1n) is 5.86. The highest BCUT2D eigenvalue weighted by Gasteiger charge is 2.15. The van der Waals surface area contributed by atoms with Crippen molar-refractivity contribution >= 4 is 21.8 Å². The molecule has 0 aliphatic heterocycles. The molecular formula is C13H18BrNO3. The number of nitrogens with one attached hydrogen (secondary N) is 1. The van der Waals surface area contributed by atoms with Crippen LogP contribution in [-0.2, 0) is 4.79 Å². The zero-order valence-corrected chi connectivity index (χ0v) is 12.2. The van der Waals surface area contributed by atoms with Gasteiger partial charge in [0, 0.05) is 13.2 Å². The highest BCUT2D eigenvalue weighted by atomic mass is 79.9. The molecule has 0 fully saturated rings. The number of carbonyl (C=O) groups is 1. The van der Waals surface area contributed by atoms with Gasteiger partial charge in [-0.1, -0.05) is 6.07 Å². The molecule has 1 aromatic carbocycles. The third-order valence-corrected chi connectivity index (χ3v) is 3.01. The molecule has 0 spiro atoms. The van der Waals surface area contributed by atoms with Gasteiger partial charge in [-0.15, -0.1) is 0 Å². The molecule has 4 nitrogen and oxygen atoms in total. The molecule has 0 saturated heterocycles. The summed E-state index contributed by atoms with van der Waals surface area (Å²) in [6.45, 7) is 4.21. The summed E-state index contributed by atoms with van der Waals surface area (Å²) in [7, 11) is 0. The van der Waals surface area contributed by atoms with Crippen molar-refractivity contribution in [3.63, 3.8) is 0 Å². The van der Waals surface area contributed by atoms with Crippen molar-refractivity contribution < 1.29 is 14.6 Å². The topological polar surface area (TPSA) is 58.6 Å². The SMILES string of the molecule is Cc1ccc(OC(C)C(=O)NCCCO)c(Br)c1. The molecule has 0 aliphatic carbocycles. The molecule has 0 saturated carbocycles. The molecule has 0 bridgehead atoms. The summed E-state index contributed by atoms with van der Waals surface area (Å²) in [6, 6.07) is 5.69. The van der Waals surface area contributed by atoms with E-state index in [1.165, 1.54) is 0 Å². The standard InChI is InChI=1S/C13H18BrNO3/c1-9-4-5-12(11(14)8-9)18-10(2)13(17)15-6-3-7-16/h4-5,8,10,16H,3,6-7H2,1-2H3,(H,15,17).